The van der Waals surface area contributed by atoms with Gasteiger partial charge in [0, 0.05) is 11.6 Å². The van der Waals surface area contributed by atoms with E-state index in [-0.39, 0.29) is 23.6 Å². The Labute approximate surface area is 122 Å². The van der Waals surface area contributed by atoms with Crippen LogP contribution in [0.5, 0.6) is 0 Å². The van der Waals surface area contributed by atoms with Gasteiger partial charge in [-0.1, -0.05) is 24.3 Å². The van der Waals surface area contributed by atoms with E-state index in [1.807, 2.05) is 6.07 Å². The Balaban J connectivity index is 1.80. The summed E-state index contributed by atoms with van der Waals surface area (Å²) >= 11 is 0. The van der Waals surface area contributed by atoms with Crippen LogP contribution in [0.15, 0.2) is 54.6 Å². The van der Waals surface area contributed by atoms with Crippen LogP contribution in [-0.4, -0.2) is 0 Å². The lowest BCUT2D eigenvalue weighted by atomic mass is 9.77. The second-order valence-electron chi connectivity index (χ2n) is 5.76. The zero-order chi connectivity index (χ0) is 14.4. The predicted molar refractivity (Wildman–Crippen MR) is 79.2 cm³/mol. The SMILES string of the molecule is Fc1cccc([C@@H]2Nc3ccc(F)cc3[C@@H]3C=CC[C@@H]32)c1. The Morgan fingerprint density at radius 1 is 1.00 bits per heavy atom. The minimum Gasteiger partial charge on any atom is -0.378 e. The van der Waals surface area contributed by atoms with E-state index in [1.54, 1.807) is 24.3 Å². The van der Waals surface area contributed by atoms with Gasteiger partial charge in [0.2, 0.25) is 0 Å². The van der Waals surface area contributed by atoms with Gasteiger partial charge in [-0.25, -0.2) is 8.78 Å². The van der Waals surface area contributed by atoms with Crippen molar-refractivity contribution in [2.45, 2.75) is 18.4 Å². The van der Waals surface area contributed by atoms with Crippen LogP contribution in [0.25, 0.3) is 0 Å². The number of fused-ring (bicyclic) bond motifs is 3. The van der Waals surface area contributed by atoms with Gasteiger partial charge in [0.15, 0.2) is 0 Å². The molecule has 0 bridgehead atoms. The summed E-state index contributed by atoms with van der Waals surface area (Å²) in [5.41, 5.74) is 2.89. The lowest BCUT2D eigenvalue weighted by molar-refractivity contribution is 0.422. The molecule has 3 heteroatoms. The van der Waals surface area contributed by atoms with Crippen LogP contribution in [-0.2, 0) is 0 Å². The molecule has 0 radical (unpaired) electrons. The molecule has 0 aromatic heterocycles. The van der Waals surface area contributed by atoms with Gasteiger partial charge in [0.25, 0.3) is 0 Å². The average Bonchev–Trinajstić information content (AvgIpc) is 2.96. The second kappa shape index (κ2) is 4.69. The number of hydrogen-bond acceptors (Lipinski definition) is 1. The lowest BCUT2D eigenvalue weighted by Crippen LogP contribution is -2.29. The molecule has 0 unspecified atom stereocenters. The van der Waals surface area contributed by atoms with Crippen molar-refractivity contribution in [3.63, 3.8) is 0 Å². The summed E-state index contributed by atoms with van der Waals surface area (Å²) < 4.78 is 27.0. The summed E-state index contributed by atoms with van der Waals surface area (Å²) in [5, 5.41) is 3.47. The maximum atomic E-state index is 13.5. The van der Waals surface area contributed by atoms with Crippen molar-refractivity contribution >= 4 is 5.69 Å². The largest absolute Gasteiger partial charge is 0.378 e. The van der Waals surface area contributed by atoms with E-state index in [2.05, 4.69) is 17.5 Å². The Kier molecular flexibility index (Phi) is 2.81. The number of anilines is 1. The fourth-order valence-electron chi connectivity index (χ4n) is 3.60. The highest BCUT2D eigenvalue weighted by Gasteiger charge is 2.38. The molecule has 1 aliphatic carbocycles. The van der Waals surface area contributed by atoms with E-state index in [0.29, 0.717) is 5.92 Å². The van der Waals surface area contributed by atoms with Gasteiger partial charge in [0.1, 0.15) is 11.6 Å². The minimum absolute atomic E-state index is 0.0543. The van der Waals surface area contributed by atoms with Crippen LogP contribution in [0.3, 0.4) is 0 Å². The average molecular weight is 283 g/mol. The molecule has 3 atom stereocenters. The van der Waals surface area contributed by atoms with Gasteiger partial charge in [0.05, 0.1) is 6.04 Å². The highest BCUT2D eigenvalue weighted by molar-refractivity contribution is 5.59. The molecule has 0 saturated carbocycles. The van der Waals surface area contributed by atoms with E-state index in [4.69, 9.17) is 0 Å². The highest BCUT2D eigenvalue weighted by Crippen LogP contribution is 2.49. The molecule has 1 aliphatic heterocycles. The van der Waals surface area contributed by atoms with Gasteiger partial charge in [-0.05, 0) is 53.8 Å². The summed E-state index contributed by atoms with van der Waals surface area (Å²) in [5.74, 6) is 0.0758. The first-order valence-corrected chi connectivity index (χ1v) is 7.20. The van der Waals surface area contributed by atoms with E-state index < -0.39 is 0 Å². The predicted octanol–water partition coefficient (Wildman–Crippen LogP) is 4.79. The van der Waals surface area contributed by atoms with Gasteiger partial charge in [-0.15, -0.1) is 0 Å². The highest BCUT2D eigenvalue weighted by atomic mass is 19.1. The third-order valence-corrected chi connectivity index (χ3v) is 4.53. The summed E-state index contributed by atoms with van der Waals surface area (Å²) in [6, 6.07) is 11.6. The number of allylic oxidation sites excluding steroid dienone is 2. The standard InChI is InChI=1S/C18H15F2N/c19-12-4-1-3-11(9-12)18-15-6-2-5-14(15)16-10-13(20)7-8-17(16)21-18/h1-5,7-10,14-15,18,21H,6H2/t14-,15+,18+/m1/s1. The van der Waals surface area contributed by atoms with Crippen LogP contribution in [0.4, 0.5) is 14.5 Å². The molecule has 2 aliphatic rings. The molecular formula is C18H15F2N. The number of benzene rings is 2. The fourth-order valence-corrected chi connectivity index (χ4v) is 3.60. The summed E-state index contributed by atoms with van der Waals surface area (Å²) in [4.78, 5) is 0. The van der Waals surface area contributed by atoms with Crippen LogP contribution in [0.1, 0.15) is 29.5 Å². The molecule has 1 heterocycles. The molecule has 0 saturated heterocycles. The van der Waals surface area contributed by atoms with Crippen LogP contribution >= 0.6 is 0 Å². The molecule has 1 N–H and O–H groups in total. The zero-order valence-electron chi connectivity index (χ0n) is 11.4. The zero-order valence-corrected chi connectivity index (χ0v) is 11.4. The smallest absolute Gasteiger partial charge is 0.123 e. The van der Waals surface area contributed by atoms with Crippen molar-refractivity contribution in [2.24, 2.45) is 5.92 Å². The van der Waals surface area contributed by atoms with E-state index in [9.17, 15) is 8.78 Å². The van der Waals surface area contributed by atoms with Crippen molar-refractivity contribution in [1.82, 2.24) is 0 Å². The van der Waals surface area contributed by atoms with Crippen LogP contribution in [0.2, 0.25) is 0 Å². The molecule has 0 spiro atoms. The van der Waals surface area contributed by atoms with Crippen molar-refractivity contribution in [3.05, 3.63) is 77.4 Å². The second-order valence-corrected chi connectivity index (χ2v) is 5.76. The van der Waals surface area contributed by atoms with Crippen molar-refractivity contribution in [1.29, 1.82) is 0 Å². The van der Waals surface area contributed by atoms with Crippen molar-refractivity contribution in [2.75, 3.05) is 5.32 Å². The molecule has 0 amide bonds. The molecule has 2 aromatic rings. The Bertz CT molecular complexity index is 723. The van der Waals surface area contributed by atoms with E-state index in [0.717, 1.165) is 23.2 Å². The third kappa shape index (κ3) is 2.04. The molecule has 4 rings (SSSR count). The Morgan fingerprint density at radius 3 is 2.71 bits per heavy atom. The van der Waals surface area contributed by atoms with Gasteiger partial charge >= 0.3 is 0 Å². The van der Waals surface area contributed by atoms with E-state index >= 15 is 0 Å². The molecule has 1 nitrogen and oxygen atoms in total. The van der Waals surface area contributed by atoms with Crippen LogP contribution in [0, 0.1) is 17.6 Å². The lowest BCUT2D eigenvalue weighted by Gasteiger charge is -2.37. The number of rotatable bonds is 1. The number of hydrogen-bond donors (Lipinski definition) is 1. The molecule has 0 fully saturated rings. The molecule has 106 valence electrons. The van der Waals surface area contributed by atoms with Crippen molar-refractivity contribution in [3.8, 4) is 0 Å². The summed E-state index contributed by atoms with van der Waals surface area (Å²) in [6.07, 6.45) is 5.22. The normalized spacial score (nSPS) is 26.1. The quantitative estimate of drug-likeness (QED) is 0.742. The molecule has 2 aromatic carbocycles. The van der Waals surface area contributed by atoms with Crippen LogP contribution < -0.4 is 5.32 Å². The maximum absolute atomic E-state index is 13.5. The number of halogens is 2. The maximum Gasteiger partial charge on any atom is 0.123 e. The van der Waals surface area contributed by atoms with Gasteiger partial charge < -0.3 is 5.32 Å². The fraction of sp³-hybridized carbons (Fsp3) is 0.222. The van der Waals surface area contributed by atoms with Gasteiger partial charge in [-0.3, -0.25) is 0 Å². The molecule has 21 heavy (non-hydrogen) atoms. The Morgan fingerprint density at radius 2 is 1.86 bits per heavy atom. The Hall–Kier alpha value is -2.16. The monoisotopic (exact) mass is 283 g/mol. The first kappa shape index (κ1) is 12.6. The first-order valence-electron chi connectivity index (χ1n) is 7.20. The summed E-state index contributed by atoms with van der Waals surface area (Å²) in [6.45, 7) is 0. The number of nitrogens with one attached hydrogen (secondary N) is 1. The third-order valence-electron chi connectivity index (χ3n) is 4.53. The minimum atomic E-state index is -0.221. The first-order chi connectivity index (χ1) is 10.2. The van der Waals surface area contributed by atoms with Crippen molar-refractivity contribution < 1.29 is 8.78 Å². The van der Waals surface area contributed by atoms with E-state index in [1.165, 1.54) is 12.1 Å². The summed E-state index contributed by atoms with van der Waals surface area (Å²) in [7, 11) is 0. The van der Waals surface area contributed by atoms with Gasteiger partial charge in [-0.2, -0.15) is 0 Å². The topological polar surface area (TPSA) is 12.0 Å². The molecular weight excluding hydrogens is 268 g/mol.